The van der Waals surface area contributed by atoms with Crippen molar-refractivity contribution in [2.75, 3.05) is 18.8 Å². The van der Waals surface area contributed by atoms with Crippen LogP contribution < -0.4 is 4.72 Å². The molecular weight excluding hydrogens is 326 g/mol. The van der Waals surface area contributed by atoms with Crippen molar-refractivity contribution < 1.29 is 13.2 Å². The molecule has 1 aliphatic rings. The van der Waals surface area contributed by atoms with Gasteiger partial charge in [0, 0.05) is 30.8 Å². The van der Waals surface area contributed by atoms with Crippen LogP contribution in [-0.4, -0.2) is 43.1 Å². The molecule has 0 atom stereocenters. The number of rotatable bonds is 6. The fourth-order valence-electron chi connectivity index (χ4n) is 2.66. The van der Waals surface area contributed by atoms with E-state index in [0.717, 1.165) is 0 Å². The van der Waals surface area contributed by atoms with Gasteiger partial charge >= 0.3 is 0 Å². The molecule has 24 heavy (non-hydrogen) atoms. The van der Waals surface area contributed by atoms with Crippen molar-refractivity contribution in [3.63, 3.8) is 0 Å². The maximum atomic E-state index is 12.2. The van der Waals surface area contributed by atoms with Gasteiger partial charge in [-0.25, -0.2) is 13.1 Å². The van der Waals surface area contributed by atoms with E-state index in [1.54, 1.807) is 35.4 Å². The number of pyridine rings is 1. The molecule has 0 bridgehead atoms. The van der Waals surface area contributed by atoms with Crippen LogP contribution in [0.3, 0.4) is 0 Å². The minimum absolute atomic E-state index is 0.0262. The Morgan fingerprint density at radius 3 is 2.50 bits per heavy atom. The predicted octanol–water partition coefficient (Wildman–Crippen LogP) is 1.27. The van der Waals surface area contributed by atoms with E-state index in [-0.39, 0.29) is 24.1 Å². The van der Waals surface area contributed by atoms with Crippen LogP contribution in [0, 0.1) is 5.92 Å². The SMILES string of the molecule is O=C(c1ccccc1)N1CC(CS(=O)(=O)NCc2ccccn2)C1. The summed E-state index contributed by atoms with van der Waals surface area (Å²) in [6.07, 6.45) is 1.63. The van der Waals surface area contributed by atoms with E-state index < -0.39 is 10.0 Å². The zero-order valence-corrected chi connectivity index (χ0v) is 13.9. The standard InChI is InChI=1S/C17H19N3O3S/c21-17(15-6-2-1-3-7-15)20-11-14(12-20)13-24(22,23)19-10-16-8-4-5-9-18-16/h1-9,14,19H,10-13H2. The molecule has 1 aliphatic heterocycles. The molecule has 3 rings (SSSR count). The van der Waals surface area contributed by atoms with Crippen LogP contribution in [-0.2, 0) is 16.6 Å². The van der Waals surface area contributed by atoms with E-state index >= 15 is 0 Å². The largest absolute Gasteiger partial charge is 0.338 e. The monoisotopic (exact) mass is 345 g/mol. The van der Waals surface area contributed by atoms with Gasteiger partial charge in [0.15, 0.2) is 0 Å². The zero-order chi connectivity index (χ0) is 17.0. The van der Waals surface area contributed by atoms with Crippen molar-refractivity contribution >= 4 is 15.9 Å². The third-order valence-corrected chi connectivity index (χ3v) is 5.41. The molecule has 1 aromatic heterocycles. The van der Waals surface area contributed by atoms with Crippen LogP contribution in [0.25, 0.3) is 0 Å². The first kappa shape index (κ1) is 16.6. The summed E-state index contributed by atoms with van der Waals surface area (Å²) in [5, 5.41) is 0. The van der Waals surface area contributed by atoms with Gasteiger partial charge in [0.25, 0.3) is 5.91 Å². The molecule has 1 amide bonds. The number of hydrogen-bond acceptors (Lipinski definition) is 4. The Bertz CT molecular complexity index is 788. The number of likely N-dealkylation sites (tertiary alicyclic amines) is 1. The molecule has 1 aromatic carbocycles. The second kappa shape index (κ2) is 7.11. The minimum Gasteiger partial charge on any atom is -0.338 e. The molecule has 6 nitrogen and oxygen atoms in total. The summed E-state index contributed by atoms with van der Waals surface area (Å²) in [6, 6.07) is 14.4. The van der Waals surface area contributed by atoms with Gasteiger partial charge in [0.1, 0.15) is 0 Å². The normalized spacial score (nSPS) is 15.1. The Kier molecular flexibility index (Phi) is 4.92. The highest BCUT2D eigenvalue weighted by Gasteiger charge is 2.34. The second-order valence-electron chi connectivity index (χ2n) is 5.87. The third-order valence-electron chi connectivity index (χ3n) is 3.92. The number of nitrogens with zero attached hydrogens (tertiary/aromatic N) is 2. The van der Waals surface area contributed by atoms with Gasteiger partial charge in [-0.3, -0.25) is 9.78 Å². The molecule has 2 aromatic rings. The highest BCUT2D eigenvalue weighted by molar-refractivity contribution is 7.89. The Labute approximate surface area is 141 Å². The van der Waals surface area contributed by atoms with Crippen LogP contribution in [0.15, 0.2) is 54.7 Å². The van der Waals surface area contributed by atoms with Crippen LogP contribution in [0.1, 0.15) is 16.1 Å². The fraction of sp³-hybridized carbons (Fsp3) is 0.294. The Morgan fingerprint density at radius 1 is 1.12 bits per heavy atom. The topological polar surface area (TPSA) is 79.4 Å². The minimum atomic E-state index is -3.38. The highest BCUT2D eigenvalue weighted by Crippen LogP contribution is 2.20. The molecule has 126 valence electrons. The van der Waals surface area contributed by atoms with Crippen molar-refractivity contribution in [2.45, 2.75) is 6.54 Å². The first-order valence-electron chi connectivity index (χ1n) is 7.75. The quantitative estimate of drug-likeness (QED) is 0.855. The number of hydrogen-bond donors (Lipinski definition) is 1. The van der Waals surface area contributed by atoms with Crippen molar-refractivity contribution in [2.24, 2.45) is 5.92 Å². The van der Waals surface area contributed by atoms with Gasteiger partial charge in [-0.05, 0) is 24.3 Å². The lowest BCUT2D eigenvalue weighted by Crippen LogP contribution is -2.53. The molecule has 0 aliphatic carbocycles. The molecule has 0 saturated carbocycles. The molecule has 0 radical (unpaired) electrons. The van der Waals surface area contributed by atoms with Crippen molar-refractivity contribution in [3.8, 4) is 0 Å². The van der Waals surface area contributed by atoms with Crippen LogP contribution in [0.4, 0.5) is 0 Å². The molecule has 1 fully saturated rings. The summed E-state index contributed by atoms with van der Waals surface area (Å²) in [6.45, 7) is 1.12. The van der Waals surface area contributed by atoms with Crippen LogP contribution >= 0.6 is 0 Å². The Balaban J connectivity index is 1.47. The average molecular weight is 345 g/mol. The van der Waals surface area contributed by atoms with Gasteiger partial charge in [0.2, 0.25) is 10.0 Å². The number of sulfonamides is 1. The third kappa shape index (κ3) is 4.18. The molecular formula is C17H19N3O3S. The fourth-order valence-corrected chi connectivity index (χ4v) is 3.98. The number of benzene rings is 1. The predicted molar refractivity (Wildman–Crippen MR) is 90.7 cm³/mol. The number of aromatic nitrogens is 1. The summed E-state index contributed by atoms with van der Waals surface area (Å²) in [5.74, 6) is -0.0529. The lowest BCUT2D eigenvalue weighted by molar-refractivity contribution is 0.0534. The lowest BCUT2D eigenvalue weighted by Gasteiger charge is -2.39. The molecule has 0 spiro atoms. The van der Waals surface area contributed by atoms with Crippen LogP contribution in [0.5, 0.6) is 0 Å². The van der Waals surface area contributed by atoms with Gasteiger partial charge in [-0.2, -0.15) is 0 Å². The van der Waals surface area contributed by atoms with Crippen molar-refractivity contribution in [1.29, 1.82) is 0 Å². The van der Waals surface area contributed by atoms with Gasteiger partial charge in [-0.1, -0.05) is 24.3 Å². The van der Waals surface area contributed by atoms with E-state index in [0.29, 0.717) is 24.3 Å². The van der Waals surface area contributed by atoms with Gasteiger partial charge in [0.05, 0.1) is 18.0 Å². The summed E-state index contributed by atoms with van der Waals surface area (Å²) in [7, 11) is -3.38. The molecule has 0 unspecified atom stereocenters. The maximum absolute atomic E-state index is 12.2. The van der Waals surface area contributed by atoms with E-state index in [2.05, 4.69) is 9.71 Å². The molecule has 2 heterocycles. The van der Waals surface area contributed by atoms with E-state index in [9.17, 15) is 13.2 Å². The first-order chi connectivity index (χ1) is 11.5. The highest BCUT2D eigenvalue weighted by atomic mass is 32.2. The van der Waals surface area contributed by atoms with Gasteiger partial charge < -0.3 is 4.90 Å². The van der Waals surface area contributed by atoms with Crippen molar-refractivity contribution in [1.82, 2.24) is 14.6 Å². The summed E-state index contributed by atoms with van der Waals surface area (Å²) in [5.41, 5.74) is 1.31. The summed E-state index contributed by atoms with van der Waals surface area (Å²) >= 11 is 0. The second-order valence-corrected chi connectivity index (χ2v) is 7.72. The van der Waals surface area contributed by atoms with Gasteiger partial charge in [-0.15, -0.1) is 0 Å². The number of carbonyl (C=O) groups is 1. The van der Waals surface area contributed by atoms with E-state index in [1.807, 2.05) is 24.3 Å². The first-order valence-corrected chi connectivity index (χ1v) is 9.40. The maximum Gasteiger partial charge on any atom is 0.253 e. The lowest BCUT2D eigenvalue weighted by atomic mass is 10.0. The molecule has 1 saturated heterocycles. The molecule has 7 heteroatoms. The number of carbonyl (C=O) groups excluding carboxylic acids is 1. The smallest absolute Gasteiger partial charge is 0.253 e. The Morgan fingerprint density at radius 2 is 1.83 bits per heavy atom. The summed E-state index contributed by atoms with van der Waals surface area (Å²) < 4.78 is 26.8. The van der Waals surface area contributed by atoms with Crippen LogP contribution in [0.2, 0.25) is 0 Å². The zero-order valence-electron chi connectivity index (χ0n) is 13.1. The molecule has 1 N–H and O–H groups in total. The van der Waals surface area contributed by atoms with Crippen molar-refractivity contribution in [3.05, 3.63) is 66.0 Å². The van der Waals surface area contributed by atoms with E-state index in [1.165, 1.54) is 0 Å². The summed E-state index contributed by atoms with van der Waals surface area (Å²) in [4.78, 5) is 18.0. The Hall–Kier alpha value is -2.25. The number of amides is 1. The number of nitrogens with one attached hydrogen (secondary N) is 1. The average Bonchev–Trinajstić information content (AvgIpc) is 2.57. The van der Waals surface area contributed by atoms with E-state index in [4.69, 9.17) is 0 Å².